The first-order valence-corrected chi connectivity index (χ1v) is 7.25. The average Bonchev–Trinajstić information content (AvgIpc) is 2.47. The van der Waals surface area contributed by atoms with E-state index in [0.717, 1.165) is 13.1 Å². The standard InChI is InChI=1S/C18H24N2/c1-4-20(13-17-10-6-5-8-14(17)2)18-15(3)9-7-11-16(18)12-19/h5-11H,4,12-13,19H2,1-3H3. The lowest BCUT2D eigenvalue weighted by molar-refractivity contribution is 0.813. The number of nitrogens with two attached hydrogens (primary N) is 1. The Labute approximate surface area is 122 Å². The summed E-state index contributed by atoms with van der Waals surface area (Å²) in [7, 11) is 0. The molecule has 106 valence electrons. The van der Waals surface area contributed by atoms with Crippen LogP contribution in [0.3, 0.4) is 0 Å². The molecule has 2 N–H and O–H groups in total. The van der Waals surface area contributed by atoms with E-state index in [2.05, 4.69) is 68.1 Å². The highest BCUT2D eigenvalue weighted by molar-refractivity contribution is 5.59. The third kappa shape index (κ3) is 3.02. The maximum Gasteiger partial charge on any atom is 0.0444 e. The van der Waals surface area contributed by atoms with Gasteiger partial charge in [-0.15, -0.1) is 0 Å². The second-order valence-corrected chi connectivity index (χ2v) is 5.23. The maximum atomic E-state index is 5.91. The molecule has 0 atom stereocenters. The molecule has 0 aliphatic rings. The number of para-hydroxylation sites is 1. The molecule has 0 aliphatic carbocycles. The molecular weight excluding hydrogens is 244 g/mol. The summed E-state index contributed by atoms with van der Waals surface area (Å²) in [6.07, 6.45) is 0. The van der Waals surface area contributed by atoms with Crippen molar-refractivity contribution in [1.29, 1.82) is 0 Å². The summed E-state index contributed by atoms with van der Waals surface area (Å²) in [5.41, 5.74) is 12.4. The van der Waals surface area contributed by atoms with Crippen molar-refractivity contribution in [3.8, 4) is 0 Å². The molecule has 2 aromatic carbocycles. The van der Waals surface area contributed by atoms with E-state index in [4.69, 9.17) is 5.73 Å². The van der Waals surface area contributed by atoms with Gasteiger partial charge in [0.05, 0.1) is 0 Å². The highest BCUT2D eigenvalue weighted by Crippen LogP contribution is 2.27. The zero-order chi connectivity index (χ0) is 14.5. The number of rotatable bonds is 5. The van der Waals surface area contributed by atoms with Crippen molar-refractivity contribution in [1.82, 2.24) is 0 Å². The van der Waals surface area contributed by atoms with Gasteiger partial charge in [0.1, 0.15) is 0 Å². The first-order valence-electron chi connectivity index (χ1n) is 7.25. The fraction of sp³-hybridized carbons (Fsp3) is 0.333. The molecule has 0 saturated carbocycles. The minimum absolute atomic E-state index is 0.585. The van der Waals surface area contributed by atoms with Crippen molar-refractivity contribution in [3.63, 3.8) is 0 Å². The van der Waals surface area contributed by atoms with Crippen LogP contribution in [0, 0.1) is 13.8 Å². The minimum Gasteiger partial charge on any atom is -0.367 e. The summed E-state index contributed by atoms with van der Waals surface area (Å²) in [6, 6.07) is 15.0. The molecule has 20 heavy (non-hydrogen) atoms. The molecule has 0 radical (unpaired) electrons. The Hall–Kier alpha value is -1.80. The number of hydrogen-bond donors (Lipinski definition) is 1. The number of aryl methyl sites for hydroxylation is 2. The summed E-state index contributed by atoms with van der Waals surface area (Å²) < 4.78 is 0. The fourth-order valence-electron chi connectivity index (χ4n) is 2.68. The van der Waals surface area contributed by atoms with Crippen LogP contribution in [0.2, 0.25) is 0 Å². The van der Waals surface area contributed by atoms with Gasteiger partial charge in [-0.25, -0.2) is 0 Å². The Morgan fingerprint density at radius 2 is 1.55 bits per heavy atom. The van der Waals surface area contributed by atoms with Crippen LogP contribution in [0.5, 0.6) is 0 Å². The molecule has 0 saturated heterocycles. The molecule has 2 rings (SSSR count). The van der Waals surface area contributed by atoms with Gasteiger partial charge in [-0.2, -0.15) is 0 Å². The molecule has 0 fully saturated rings. The second kappa shape index (κ2) is 6.58. The quantitative estimate of drug-likeness (QED) is 0.894. The van der Waals surface area contributed by atoms with E-state index in [-0.39, 0.29) is 0 Å². The summed E-state index contributed by atoms with van der Waals surface area (Å²) in [6.45, 7) is 9.03. The topological polar surface area (TPSA) is 29.3 Å². The SMILES string of the molecule is CCN(Cc1ccccc1C)c1c(C)cccc1CN. The van der Waals surface area contributed by atoms with Crippen molar-refractivity contribution in [2.45, 2.75) is 33.9 Å². The number of anilines is 1. The van der Waals surface area contributed by atoms with Crippen LogP contribution in [0.15, 0.2) is 42.5 Å². The molecule has 0 aliphatic heterocycles. The molecule has 2 aromatic rings. The maximum absolute atomic E-state index is 5.91. The summed E-state index contributed by atoms with van der Waals surface area (Å²) in [5, 5.41) is 0. The normalized spacial score (nSPS) is 10.6. The van der Waals surface area contributed by atoms with Gasteiger partial charge in [0.15, 0.2) is 0 Å². The van der Waals surface area contributed by atoms with Gasteiger partial charge in [0, 0.05) is 25.3 Å². The van der Waals surface area contributed by atoms with E-state index in [9.17, 15) is 0 Å². The van der Waals surface area contributed by atoms with E-state index in [1.807, 2.05) is 0 Å². The third-order valence-electron chi connectivity index (χ3n) is 3.86. The Morgan fingerprint density at radius 3 is 2.20 bits per heavy atom. The van der Waals surface area contributed by atoms with Crippen LogP contribution in [0.1, 0.15) is 29.2 Å². The van der Waals surface area contributed by atoms with E-state index >= 15 is 0 Å². The van der Waals surface area contributed by atoms with Crippen molar-refractivity contribution in [3.05, 3.63) is 64.7 Å². The third-order valence-corrected chi connectivity index (χ3v) is 3.86. The van der Waals surface area contributed by atoms with E-state index < -0.39 is 0 Å². The molecular formula is C18H24N2. The fourth-order valence-corrected chi connectivity index (χ4v) is 2.68. The van der Waals surface area contributed by atoms with Crippen molar-refractivity contribution >= 4 is 5.69 Å². The van der Waals surface area contributed by atoms with Crippen molar-refractivity contribution in [2.75, 3.05) is 11.4 Å². The number of nitrogens with zero attached hydrogens (tertiary/aromatic N) is 1. The van der Waals surface area contributed by atoms with E-state index in [1.165, 1.54) is 27.9 Å². The monoisotopic (exact) mass is 268 g/mol. The Balaban J connectivity index is 2.36. The molecule has 0 bridgehead atoms. The first-order chi connectivity index (χ1) is 9.67. The molecule has 0 amide bonds. The number of benzene rings is 2. The molecule has 0 unspecified atom stereocenters. The summed E-state index contributed by atoms with van der Waals surface area (Å²) >= 11 is 0. The smallest absolute Gasteiger partial charge is 0.0444 e. The Bertz CT molecular complexity index is 575. The highest BCUT2D eigenvalue weighted by Gasteiger charge is 2.13. The van der Waals surface area contributed by atoms with Crippen molar-refractivity contribution < 1.29 is 0 Å². The predicted molar refractivity (Wildman–Crippen MR) is 87.0 cm³/mol. The van der Waals surface area contributed by atoms with Crippen LogP contribution in [0.4, 0.5) is 5.69 Å². The van der Waals surface area contributed by atoms with Gasteiger partial charge >= 0.3 is 0 Å². The number of hydrogen-bond acceptors (Lipinski definition) is 2. The summed E-state index contributed by atoms with van der Waals surface area (Å²) in [4.78, 5) is 2.42. The summed E-state index contributed by atoms with van der Waals surface area (Å²) in [5.74, 6) is 0. The minimum atomic E-state index is 0.585. The lowest BCUT2D eigenvalue weighted by Gasteiger charge is -2.28. The zero-order valence-electron chi connectivity index (χ0n) is 12.7. The Kier molecular flexibility index (Phi) is 4.80. The lowest BCUT2D eigenvalue weighted by Crippen LogP contribution is -2.25. The first kappa shape index (κ1) is 14.6. The zero-order valence-corrected chi connectivity index (χ0v) is 12.7. The van der Waals surface area contributed by atoms with Crippen LogP contribution in [0.25, 0.3) is 0 Å². The second-order valence-electron chi connectivity index (χ2n) is 5.23. The van der Waals surface area contributed by atoms with Crippen molar-refractivity contribution in [2.24, 2.45) is 5.73 Å². The van der Waals surface area contributed by atoms with Gasteiger partial charge < -0.3 is 10.6 Å². The highest BCUT2D eigenvalue weighted by atomic mass is 15.1. The van der Waals surface area contributed by atoms with E-state index in [0.29, 0.717) is 6.54 Å². The van der Waals surface area contributed by atoms with Gasteiger partial charge in [0.25, 0.3) is 0 Å². The largest absolute Gasteiger partial charge is 0.367 e. The van der Waals surface area contributed by atoms with Crippen LogP contribution in [-0.4, -0.2) is 6.54 Å². The molecule has 0 aromatic heterocycles. The van der Waals surface area contributed by atoms with Crippen LogP contribution in [-0.2, 0) is 13.1 Å². The lowest BCUT2D eigenvalue weighted by atomic mass is 10.0. The Morgan fingerprint density at radius 1 is 0.900 bits per heavy atom. The molecule has 0 heterocycles. The molecule has 2 nitrogen and oxygen atoms in total. The van der Waals surface area contributed by atoms with Gasteiger partial charge in [-0.1, -0.05) is 42.5 Å². The molecule has 0 spiro atoms. The molecule has 2 heteroatoms. The van der Waals surface area contributed by atoms with Crippen LogP contribution >= 0.6 is 0 Å². The van der Waals surface area contributed by atoms with Gasteiger partial charge in [-0.3, -0.25) is 0 Å². The van der Waals surface area contributed by atoms with Gasteiger partial charge in [0.2, 0.25) is 0 Å². The van der Waals surface area contributed by atoms with Gasteiger partial charge in [-0.05, 0) is 43.0 Å². The van der Waals surface area contributed by atoms with Crippen LogP contribution < -0.4 is 10.6 Å². The van der Waals surface area contributed by atoms with E-state index in [1.54, 1.807) is 0 Å². The predicted octanol–water partition coefficient (Wildman–Crippen LogP) is 3.79. The average molecular weight is 268 g/mol.